The van der Waals surface area contributed by atoms with Crippen LogP contribution in [-0.4, -0.2) is 25.2 Å². The van der Waals surface area contributed by atoms with Crippen LogP contribution in [0.25, 0.3) is 0 Å². The van der Waals surface area contributed by atoms with Crippen LogP contribution >= 0.6 is 0 Å². The number of nitrogens with two attached hydrogens (primary N) is 1. The maximum Gasteiger partial charge on any atom is 0.192 e. The highest BCUT2D eigenvalue weighted by atomic mass is 16.2. The third kappa shape index (κ3) is 3.40. The molecule has 3 N–H and O–H groups in total. The van der Waals surface area contributed by atoms with E-state index >= 15 is 0 Å². The van der Waals surface area contributed by atoms with Gasteiger partial charge in [-0.2, -0.15) is 0 Å². The Kier molecular flexibility index (Phi) is 5.04. The van der Waals surface area contributed by atoms with Crippen LogP contribution in [0, 0.1) is 6.92 Å². The maximum atomic E-state index is 9.44. The van der Waals surface area contributed by atoms with Crippen LogP contribution in [0.2, 0.25) is 0 Å². The molecule has 1 aliphatic rings. The first-order chi connectivity index (χ1) is 8.49. The van der Waals surface area contributed by atoms with Gasteiger partial charge < -0.3 is 11.1 Å². The van der Waals surface area contributed by atoms with E-state index in [0.29, 0.717) is 6.04 Å². The fraction of sp³-hybridized carbons (Fsp3) is 0.429. The van der Waals surface area contributed by atoms with E-state index in [1.165, 1.54) is 29.3 Å². The number of hydrogen-bond acceptors (Lipinski definition) is 4. The third-order valence-corrected chi connectivity index (χ3v) is 2.98. The summed E-state index contributed by atoms with van der Waals surface area (Å²) < 4.78 is 0. The molecule has 1 unspecified atom stereocenters. The largest absolute Gasteiger partial charge is 0.388 e. The SMILES string of the molecule is CC(=O)C=O.CNc1c(C)ccc2c1CC(N)C2. The second-order valence-corrected chi connectivity index (χ2v) is 4.54. The minimum atomic E-state index is -0.426. The predicted octanol–water partition coefficient (Wildman–Crippen LogP) is 1.24. The minimum absolute atomic E-state index is 0.278. The third-order valence-electron chi connectivity index (χ3n) is 2.98. The summed E-state index contributed by atoms with van der Waals surface area (Å²) in [4.78, 5) is 18.6. The molecule has 0 spiro atoms. The number of carbonyl (C=O) groups is 2. The second-order valence-electron chi connectivity index (χ2n) is 4.54. The van der Waals surface area contributed by atoms with Crippen molar-refractivity contribution in [3.63, 3.8) is 0 Å². The molecule has 0 saturated heterocycles. The zero-order valence-corrected chi connectivity index (χ0v) is 11.1. The van der Waals surface area contributed by atoms with Gasteiger partial charge in [0.15, 0.2) is 12.1 Å². The molecule has 1 aromatic carbocycles. The molecule has 0 saturated carbocycles. The highest BCUT2D eigenvalue weighted by molar-refractivity contribution is 6.23. The fourth-order valence-corrected chi connectivity index (χ4v) is 2.20. The number of benzene rings is 1. The van der Waals surface area contributed by atoms with Gasteiger partial charge in [-0.15, -0.1) is 0 Å². The van der Waals surface area contributed by atoms with Gasteiger partial charge in [0.25, 0.3) is 0 Å². The molecule has 0 aliphatic heterocycles. The number of aldehydes is 1. The molecule has 18 heavy (non-hydrogen) atoms. The van der Waals surface area contributed by atoms with Gasteiger partial charge in [-0.3, -0.25) is 9.59 Å². The molecular weight excluding hydrogens is 228 g/mol. The van der Waals surface area contributed by atoms with Crippen molar-refractivity contribution in [1.82, 2.24) is 0 Å². The first-order valence-corrected chi connectivity index (χ1v) is 6.00. The summed E-state index contributed by atoms with van der Waals surface area (Å²) in [5, 5.41) is 3.26. The Morgan fingerprint density at radius 1 is 1.44 bits per heavy atom. The zero-order chi connectivity index (χ0) is 13.7. The molecule has 0 radical (unpaired) electrons. The molecule has 0 fully saturated rings. The van der Waals surface area contributed by atoms with Gasteiger partial charge in [-0.05, 0) is 36.5 Å². The Labute approximate surface area is 108 Å². The highest BCUT2D eigenvalue weighted by Gasteiger charge is 2.21. The van der Waals surface area contributed by atoms with Gasteiger partial charge in [0.1, 0.15) is 0 Å². The van der Waals surface area contributed by atoms with E-state index in [1.807, 2.05) is 7.05 Å². The molecule has 0 bridgehead atoms. The Bertz CT molecular complexity index is 455. The molecule has 1 aliphatic carbocycles. The summed E-state index contributed by atoms with van der Waals surface area (Å²) in [5.41, 5.74) is 11.4. The van der Waals surface area contributed by atoms with E-state index < -0.39 is 5.78 Å². The van der Waals surface area contributed by atoms with E-state index in [2.05, 4.69) is 24.4 Å². The van der Waals surface area contributed by atoms with Crippen molar-refractivity contribution in [2.75, 3.05) is 12.4 Å². The normalized spacial score (nSPS) is 16.3. The number of carbonyl (C=O) groups excluding carboxylic acids is 2. The van der Waals surface area contributed by atoms with E-state index in [-0.39, 0.29) is 6.29 Å². The minimum Gasteiger partial charge on any atom is -0.388 e. The van der Waals surface area contributed by atoms with Crippen molar-refractivity contribution in [3.05, 3.63) is 28.8 Å². The Hall–Kier alpha value is -1.68. The molecule has 0 aromatic heterocycles. The van der Waals surface area contributed by atoms with Crippen LogP contribution in [-0.2, 0) is 22.4 Å². The molecule has 2 rings (SSSR count). The maximum absolute atomic E-state index is 9.44. The lowest BCUT2D eigenvalue weighted by Crippen LogP contribution is -2.19. The van der Waals surface area contributed by atoms with E-state index in [0.717, 1.165) is 12.8 Å². The second kappa shape index (κ2) is 6.31. The highest BCUT2D eigenvalue weighted by Crippen LogP contribution is 2.30. The lowest BCUT2D eigenvalue weighted by molar-refractivity contribution is -0.128. The number of ketones is 1. The molecule has 1 aromatic rings. The van der Waals surface area contributed by atoms with Crippen molar-refractivity contribution in [2.24, 2.45) is 5.73 Å². The topological polar surface area (TPSA) is 72.2 Å². The quantitative estimate of drug-likeness (QED) is 0.610. The zero-order valence-electron chi connectivity index (χ0n) is 11.1. The Morgan fingerprint density at radius 3 is 2.56 bits per heavy atom. The van der Waals surface area contributed by atoms with E-state index in [9.17, 15) is 4.79 Å². The number of anilines is 1. The molecule has 1 atom stereocenters. The average molecular weight is 248 g/mol. The van der Waals surface area contributed by atoms with E-state index in [1.54, 1.807) is 0 Å². The van der Waals surface area contributed by atoms with Crippen molar-refractivity contribution >= 4 is 17.8 Å². The van der Waals surface area contributed by atoms with Crippen molar-refractivity contribution in [3.8, 4) is 0 Å². The average Bonchev–Trinajstić information content (AvgIpc) is 2.70. The lowest BCUT2D eigenvalue weighted by Gasteiger charge is -2.10. The fourth-order valence-electron chi connectivity index (χ4n) is 2.20. The summed E-state index contributed by atoms with van der Waals surface area (Å²) in [7, 11) is 1.98. The molecular formula is C14H20N2O2. The smallest absolute Gasteiger partial charge is 0.192 e. The standard InChI is InChI=1S/C11H16N2.C3H4O2/c1-7-3-4-8-5-9(12)6-10(8)11(7)13-2;1-3(5)2-4/h3-4,9,13H,5-6,12H2,1-2H3;2H,1H3. The molecule has 4 heteroatoms. The van der Waals surface area contributed by atoms with Crippen LogP contribution < -0.4 is 11.1 Å². The molecule has 4 nitrogen and oxygen atoms in total. The summed E-state index contributed by atoms with van der Waals surface area (Å²) >= 11 is 0. The first kappa shape index (κ1) is 14.4. The number of Topliss-reactive ketones (excluding diaryl/α,β-unsaturated/α-hetero) is 1. The van der Waals surface area contributed by atoms with Gasteiger partial charge in [0.2, 0.25) is 0 Å². The number of aryl methyl sites for hydroxylation is 1. The summed E-state index contributed by atoms with van der Waals surface area (Å²) in [6.07, 6.45) is 2.33. The van der Waals surface area contributed by atoms with Crippen LogP contribution in [0.3, 0.4) is 0 Å². The number of fused-ring (bicyclic) bond motifs is 1. The lowest BCUT2D eigenvalue weighted by atomic mass is 10.0. The van der Waals surface area contributed by atoms with Crippen LogP contribution in [0.15, 0.2) is 12.1 Å². The van der Waals surface area contributed by atoms with Crippen molar-refractivity contribution in [1.29, 1.82) is 0 Å². The molecule has 0 amide bonds. The van der Waals surface area contributed by atoms with Crippen LogP contribution in [0.4, 0.5) is 5.69 Å². The first-order valence-electron chi connectivity index (χ1n) is 6.00. The van der Waals surface area contributed by atoms with Crippen molar-refractivity contribution in [2.45, 2.75) is 32.7 Å². The Morgan fingerprint density at radius 2 is 2.06 bits per heavy atom. The van der Waals surface area contributed by atoms with Gasteiger partial charge in [0, 0.05) is 25.7 Å². The summed E-state index contributed by atoms with van der Waals surface area (Å²) in [6.45, 7) is 3.35. The van der Waals surface area contributed by atoms with Crippen molar-refractivity contribution < 1.29 is 9.59 Å². The van der Waals surface area contributed by atoms with Crippen LogP contribution in [0.1, 0.15) is 23.6 Å². The number of rotatable bonds is 2. The van der Waals surface area contributed by atoms with Gasteiger partial charge in [-0.1, -0.05) is 12.1 Å². The van der Waals surface area contributed by atoms with E-state index in [4.69, 9.17) is 10.5 Å². The predicted molar refractivity (Wildman–Crippen MR) is 72.9 cm³/mol. The monoisotopic (exact) mass is 248 g/mol. The van der Waals surface area contributed by atoms with Gasteiger partial charge in [0.05, 0.1) is 0 Å². The summed E-state index contributed by atoms with van der Waals surface area (Å²) in [5.74, 6) is -0.426. The summed E-state index contributed by atoms with van der Waals surface area (Å²) in [6, 6.07) is 4.70. The Balaban J connectivity index is 0.000000280. The van der Waals surface area contributed by atoms with Gasteiger partial charge >= 0.3 is 0 Å². The molecule has 0 heterocycles. The van der Waals surface area contributed by atoms with Gasteiger partial charge in [-0.25, -0.2) is 0 Å². The number of hydrogen-bond donors (Lipinski definition) is 2. The number of nitrogens with one attached hydrogen (secondary N) is 1. The van der Waals surface area contributed by atoms with Crippen LogP contribution in [0.5, 0.6) is 0 Å². The molecule has 98 valence electrons.